The van der Waals surface area contributed by atoms with E-state index in [1.54, 1.807) is 24.3 Å². The maximum atomic E-state index is 12.4. The van der Waals surface area contributed by atoms with Crippen LogP contribution in [-0.4, -0.2) is 59.7 Å². The second kappa shape index (κ2) is 8.57. The van der Waals surface area contributed by atoms with Gasteiger partial charge in [-0.2, -0.15) is 0 Å². The summed E-state index contributed by atoms with van der Waals surface area (Å²) < 4.78 is 0. The second-order valence-electron chi connectivity index (χ2n) is 7.62. The lowest BCUT2D eigenvalue weighted by Crippen LogP contribution is -2.45. The van der Waals surface area contributed by atoms with E-state index in [2.05, 4.69) is 10.2 Å². The van der Waals surface area contributed by atoms with Crippen molar-refractivity contribution in [3.05, 3.63) is 71.3 Å². The van der Waals surface area contributed by atoms with Crippen molar-refractivity contribution < 1.29 is 14.4 Å². The fourth-order valence-corrected chi connectivity index (χ4v) is 4.05. The second-order valence-corrected chi connectivity index (χ2v) is 7.62. The molecule has 3 amide bonds. The summed E-state index contributed by atoms with van der Waals surface area (Å²) in [5.74, 6) is -0.393. The zero-order valence-corrected chi connectivity index (χ0v) is 16.3. The molecule has 1 N–H and O–H groups in total. The van der Waals surface area contributed by atoms with Gasteiger partial charge in [-0.3, -0.25) is 19.3 Å². The van der Waals surface area contributed by atoms with Gasteiger partial charge in [0.2, 0.25) is 0 Å². The van der Waals surface area contributed by atoms with Crippen LogP contribution < -0.4 is 5.32 Å². The van der Waals surface area contributed by atoms with Crippen LogP contribution in [0.25, 0.3) is 0 Å². The third-order valence-corrected chi connectivity index (χ3v) is 5.69. The Morgan fingerprint density at radius 3 is 2.07 bits per heavy atom. The first kappa shape index (κ1) is 19.3. The SMILES string of the molecule is O=C(NC1CCN(CCCN2C(=O)c3ccccc3C2=O)CC1)c1ccccc1. The highest BCUT2D eigenvalue weighted by Crippen LogP contribution is 2.22. The number of carbonyl (C=O) groups is 3. The molecule has 1 saturated heterocycles. The van der Waals surface area contributed by atoms with E-state index in [9.17, 15) is 14.4 Å². The summed E-state index contributed by atoms with van der Waals surface area (Å²) in [4.78, 5) is 40.8. The van der Waals surface area contributed by atoms with Crippen LogP contribution in [0.2, 0.25) is 0 Å². The number of hydrogen-bond donors (Lipinski definition) is 1. The molecule has 2 aromatic rings. The first-order chi connectivity index (χ1) is 14.1. The minimum Gasteiger partial charge on any atom is -0.349 e. The van der Waals surface area contributed by atoms with Gasteiger partial charge in [0.15, 0.2) is 0 Å². The first-order valence-corrected chi connectivity index (χ1v) is 10.2. The van der Waals surface area contributed by atoms with Gasteiger partial charge in [0.1, 0.15) is 0 Å². The van der Waals surface area contributed by atoms with Crippen molar-refractivity contribution in [3.8, 4) is 0 Å². The van der Waals surface area contributed by atoms with Gasteiger partial charge < -0.3 is 10.2 Å². The molecule has 2 aromatic carbocycles. The molecule has 0 unspecified atom stereocenters. The van der Waals surface area contributed by atoms with Crippen molar-refractivity contribution >= 4 is 17.7 Å². The van der Waals surface area contributed by atoms with Crippen LogP contribution in [0.3, 0.4) is 0 Å². The largest absolute Gasteiger partial charge is 0.349 e. The Morgan fingerprint density at radius 2 is 1.45 bits per heavy atom. The zero-order valence-electron chi connectivity index (χ0n) is 16.3. The van der Waals surface area contributed by atoms with Crippen LogP contribution in [0, 0.1) is 0 Å². The van der Waals surface area contributed by atoms with E-state index in [0.717, 1.165) is 38.9 Å². The average Bonchev–Trinajstić information content (AvgIpc) is 3.00. The minimum atomic E-state index is -0.187. The highest BCUT2D eigenvalue weighted by atomic mass is 16.2. The van der Waals surface area contributed by atoms with Crippen molar-refractivity contribution in [2.45, 2.75) is 25.3 Å². The molecule has 0 saturated carbocycles. The molecule has 6 nitrogen and oxygen atoms in total. The molecule has 6 heteroatoms. The summed E-state index contributed by atoms with van der Waals surface area (Å²) in [6.45, 7) is 3.09. The minimum absolute atomic E-state index is 0.0188. The Labute approximate surface area is 170 Å². The van der Waals surface area contributed by atoms with Gasteiger partial charge >= 0.3 is 0 Å². The molecular weight excluding hydrogens is 366 g/mol. The van der Waals surface area contributed by atoms with Crippen LogP contribution in [0.15, 0.2) is 54.6 Å². The highest BCUT2D eigenvalue weighted by molar-refractivity contribution is 6.21. The van der Waals surface area contributed by atoms with Gasteiger partial charge in [-0.15, -0.1) is 0 Å². The Morgan fingerprint density at radius 1 is 0.862 bits per heavy atom. The summed E-state index contributed by atoms with van der Waals surface area (Å²) in [7, 11) is 0. The van der Waals surface area contributed by atoms with E-state index in [1.165, 1.54) is 4.90 Å². The molecule has 2 heterocycles. The maximum Gasteiger partial charge on any atom is 0.261 e. The molecule has 2 aliphatic rings. The Hall–Kier alpha value is -2.99. The van der Waals surface area contributed by atoms with Gasteiger partial charge in [0, 0.05) is 31.2 Å². The van der Waals surface area contributed by atoms with Crippen LogP contribution in [0.5, 0.6) is 0 Å². The number of benzene rings is 2. The third-order valence-electron chi connectivity index (χ3n) is 5.69. The number of nitrogens with one attached hydrogen (secondary N) is 1. The quantitative estimate of drug-likeness (QED) is 0.769. The lowest BCUT2D eigenvalue weighted by molar-refractivity contribution is 0.0645. The van der Waals surface area contributed by atoms with Gasteiger partial charge in [-0.05, 0) is 50.1 Å². The normalized spacial score (nSPS) is 17.4. The number of imide groups is 1. The number of piperidine rings is 1. The number of likely N-dealkylation sites (tertiary alicyclic amines) is 1. The molecule has 150 valence electrons. The van der Waals surface area contributed by atoms with Gasteiger partial charge in [-0.1, -0.05) is 30.3 Å². The summed E-state index contributed by atoms with van der Waals surface area (Å²) in [6.07, 6.45) is 2.57. The lowest BCUT2D eigenvalue weighted by atomic mass is 10.0. The van der Waals surface area contributed by atoms with Gasteiger partial charge in [-0.25, -0.2) is 0 Å². The Balaban J connectivity index is 1.20. The summed E-state index contributed by atoms with van der Waals surface area (Å²) in [6, 6.07) is 16.5. The Kier molecular flexibility index (Phi) is 5.71. The van der Waals surface area contributed by atoms with E-state index >= 15 is 0 Å². The van der Waals surface area contributed by atoms with E-state index in [4.69, 9.17) is 0 Å². The molecular formula is C23H25N3O3. The fraction of sp³-hybridized carbons (Fsp3) is 0.348. The Bertz CT molecular complexity index is 870. The predicted molar refractivity (Wildman–Crippen MR) is 110 cm³/mol. The molecule has 29 heavy (non-hydrogen) atoms. The highest BCUT2D eigenvalue weighted by Gasteiger charge is 2.34. The molecule has 1 fully saturated rings. The molecule has 0 spiro atoms. The number of carbonyl (C=O) groups excluding carboxylic acids is 3. The van der Waals surface area contributed by atoms with Crippen LogP contribution >= 0.6 is 0 Å². The van der Waals surface area contributed by atoms with E-state index in [0.29, 0.717) is 23.2 Å². The number of hydrogen-bond acceptors (Lipinski definition) is 4. The van der Waals surface area contributed by atoms with E-state index < -0.39 is 0 Å². The number of nitrogens with zero attached hydrogens (tertiary/aromatic N) is 2. The molecule has 0 aromatic heterocycles. The van der Waals surface area contributed by atoms with Gasteiger partial charge in [0.05, 0.1) is 11.1 Å². The van der Waals surface area contributed by atoms with Crippen LogP contribution in [0.4, 0.5) is 0 Å². The van der Waals surface area contributed by atoms with Crippen molar-refractivity contribution in [3.63, 3.8) is 0 Å². The summed E-state index contributed by atoms with van der Waals surface area (Å²) in [5, 5.41) is 3.12. The maximum absolute atomic E-state index is 12.4. The summed E-state index contributed by atoms with van der Waals surface area (Å²) in [5.41, 5.74) is 1.70. The number of fused-ring (bicyclic) bond motifs is 1. The predicted octanol–water partition coefficient (Wildman–Crippen LogP) is 2.57. The third kappa shape index (κ3) is 4.22. The van der Waals surface area contributed by atoms with Crippen molar-refractivity contribution in [2.24, 2.45) is 0 Å². The van der Waals surface area contributed by atoms with E-state index in [-0.39, 0.29) is 23.8 Å². The monoisotopic (exact) mass is 391 g/mol. The molecule has 0 bridgehead atoms. The number of amides is 3. The molecule has 2 aliphatic heterocycles. The lowest BCUT2D eigenvalue weighted by Gasteiger charge is -2.32. The molecule has 0 atom stereocenters. The van der Waals surface area contributed by atoms with Crippen molar-refractivity contribution in [1.29, 1.82) is 0 Å². The smallest absolute Gasteiger partial charge is 0.261 e. The molecule has 0 radical (unpaired) electrons. The average molecular weight is 391 g/mol. The van der Waals surface area contributed by atoms with E-state index in [1.807, 2.05) is 30.3 Å². The molecule has 4 rings (SSSR count). The fourth-order valence-electron chi connectivity index (χ4n) is 4.05. The molecule has 0 aliphatic carbocycles. The van der Waals surface area contributed by atoms with Crippen LogP contribution in [-0.2, 0) is 0 Å². The zero-order chi connectivity index (χ0) is 20.2. The van der Waals surface area contributed by atoms with Gasteiger partial charge in [0.25, 0.3) is 17.7 Å². The van der Waals surface area contributed by atoms with Crippen molar-refractivity contribution in [1.82, 2.24) is 15.1 Å². The number of rotatable bonds is 6. The van der Waals surface area contributed by atoms with Crippen molar-refractivity contribution in [2.75, 3.05) is 26.2 Å². The first-order valence-electron chi connectivity index (χ1n) is 10.2. The summed E-state index contributed by atoms with van der Waals surface area (Å²) >= 11 is 0. The standard InChI is InChI=1S/C23H25N3O3/c27-21(17-7-2-1-3-8-17)24-18-11-15-25(16-12-18)13-6-14-26-22(28)19-9-4-5-10-20(19)23(26)29/h1-5,7-10,18H,6,11-16H2,(H,24,27). The topological polar surface area (TPSA) is 69.7 Å². The van der Waals surface area contributed by atoms with Crippen LogP contribution in [0.1, 0.15) is 50.3 Å².